The van der Waals surface area contributed by atoms with Crippen molar-refractivity contribution in [2.75, 3.05) is 9.93 Å². The number of sulfonamides is 1. The van der Waals surface area contributed by atoms with Gasteiger partial charge >= 0.3 is 0 Å². The maximum Gasteiger partial charge on any atom is 0.248 e. The maximum absolute atomic E-state index is 10.9. The van der Waals surface area contributed by atoms with Crippen LogP contribution < -0.4 is 4.72 Å². The molecular weight excluding hydrogens is 288 g/mol. The van der Waals surface area contributed by atoms with E-state index in [0.717, 1.165) is 3.79 Å². The zero-order valence-corrected chi connectivity index (χ0v) is 9.60. The number of nitrogens with zero attached hydrogens (tertiary/aromatic N) is 1. The van der Waals surface area contributed by atoms with Gasteiger partial charge in [-0.3, -0.25) is 4.72 Å². The fraction of sp³-hybridized carbons (Fsp3) is 0.250. The van der Waals surface area contributed by atoms with Crippen LogP contribution in [0.4, 0.5) is 5.13 Å². The van der Waals surface area contributed by atoms with E-state index in [1.54, 1.807) is 0 Å². The molecule has 1 heterocycles. The summed E-state index contributed by atoms with van der Waals surface area (Å²) in [5.74, 6) is 0. The van der Waals surface area contributed by atoms with Gasteiger partial charge in [0.15, 0.2) is 5.13 Å². The molecule has 0 aromatic carbocycles. The van der Waals surface area contributed by atoms with E-state index >= 15 is 0 Å². The lowest BCUT2D eigenvalue weighted by molar-refractivity contribution is 0.605. The predicted molar refractivity (Wildman–Crippen MR) is 53.1 cm³/mol. The van der Waals surface area contributed by atoms with Crippen molar-refractivity contribution < 1.29 is 8.42 Å². The smallest absolute Gasteiger partial charge is 0.248 e. The molecule has 1 rings (SSSR count). The minimum absolute atomic E-state index is 0.308. The van der Waals surface area contributed by atoms with E-state index < -0.39 is 15.2 Å². The van der Waals surface area contributed by atoms with E-state index in [1.165, 1.54) is 17.5 Å². The summed E-state index contributed by atoms with van der Waals surface area (Å²) in [6.07, 6.45) is 1.51. The van der Waals surface area contributed by atoms with Crippen LogP contribution in [0.2, 0.25) is 0 Å². The molecule has 1 aromatic rings. The first-order valence-electron chi connectivity index (χ1n) is 2.71. The molecule has 0 amide bonds. The number of nitrogens with one attached hydrogen (secondary N) is 1. The number of thiazole rings is 1. The topological polar surface area (TPSA) is 59.1 Å². The second-order valence-corrected chi connectivity index (χ2v) is 6.51. The van der Waals surface area contributed by atoms with Crippen LogP contribution in [0, 0.1) is 0 Å². The number of hydrogen-bond acceptors (Lipinski definition) is 4. The van der Waals surface area contributed by atoms with Crippen LogP contribution in [0.25, 0.3) is 0 Å². The Balaban J connectivity index is 2.77. The Hall–Kier alpha value is 0.150. The molecule has 0 spiro atoms. The summed E-state index contributed by atoms with van der Waals surface area (Å²) in [4.78, 5) is 3.77. The molecule has 0 unspecified atom stereocenters. The van der Waals surface area contributed by atoms with Gasteiger partial charge in [0.1, 0.15) is 5.21 Å². The van der Waals surface area contributed by atoms with Gasteiger partial charge in [0.05, 0.1) is 9.98 Å². The van der Waals surface area contributed by atoms with Gasteiger partial charge in [-0.25, -0.2) is 13.4 Å². The summed E-state index contributed by atoms with van der Waals surface area (Å²) in [7, 11) is -3.42. The molecule has 0 aliphatic rings. The van der Waals surface area contributed by atoms with E-state index in [0.29, 0.717) is 5.13 Å². The van der Waals surface area contributed by atoms with Gasteiger partial charge in [0.25, 0.3) is 0 Å². The van der Waals surface area contributed by atoms with Crippen LogP contribution in [0.5, 0.6) is 0 Å². The van der Waals surface area contributed by atoms with Crippen LogP contribution in [0.3, 0.4) is 0 Å². The van der Waals surface area contributed by atoms with E-state index in [-0.39, 0.29) is 0 Å². The van der Waals surface area contributed by atoms with Crippen molar-refractivity contribution in [3.63, 3.8) is 0 Å². The lowest BCUT2D eigenvalue weighted by atomic mass is 11.0. The van der Waals surface area contributed by atoms with Crippen LogP contribution >= 0.6 is 38.9 Å². The average molecular weight is 292 g/mol. The Morgan fingerprint density at radius 1 is 1.75 bits per heavy atom. The third kappa shape index (κ3) is 2.89. The minimum atomic E-state index is -3.42. The van der Waals surface area contributed by atoms with Crippen molar-refractivity contribution in [2.45, 2.75) is 0 Å². The SMILES string of the molecule is O=S(=O)(CCl)Nc1ncc(Br)s1. The molecule has 0 fully saturated rings. The minimum Gasteiger partial charge on any atom is -0.258 e. The fourth-order valence-corrected chi connectivity index (χ4v) is 2.50. The third-order valence-electron chi connectivity index (χ3n) is 0.864. The van der Waals surface area contributed by atoms with E-state index in [4.69, 9.17) is 11.6 Å². The molecule has 1 N–H and O–H groups in total. The van der Waals surface area contributed by atoms with Crippen LogP contribution in [0.15, 0.2) is 9.98 Å². The molecular formula is C4H4BrClN2O2S2. The number of anilines is 1. The van der Waals surface area contributed by atoms with Gasteiger partial charge < -0.3 is 0 Å². The van der Waals surface area contributed by atoms with Crippen LogP contribution in [0.1, 0.15) is 0 Å². The highest BCUT2D eigenvalue weighted by Gasteiger charge is 2.09. The van der Waals surface area contributed by atoms with Crippen molar-refractivity contribution >= 4 is 54.0 Å². The normalized spacial score (nSPS) is 11.5. The molecule has 4 nitrogen and oxygen atoms in total. The van der Waals surface area contributed by atoms with E-state index in [9.17, 15) is 8.42 Å². The zero-order valence-electron chi connectivity index (χ0n) is 5.62. The number of rotatable bonds is 3. The van der Waals surface area contributed by atoms with Crippen LogP contribution in [-0.2, 0) is 10.0 Å². The van der Waals surface area contributed by atoms with Crippen molar-refractivity contribution in [2.24, 2.45) is 0 Å². The Bertz CT molecular complexity index is 363. The Kier molecular flexibility index (Phi) is 3.33. The summed E-state index contributed by atoms with van der Waals surface area (Å²) in [5.41, 5.74) is 0. The van der Waals surface area contributed by atoms with Crippen LogP contribution in [-0.4, -0.2) is 18.6 Å². The second kappa shape index (κ2) is 3.91. The average Bonchev–Trinajstić information content (AvgIpc) is 2.35. The first-order valence-corrected chi connectivity index (χ1v) is 6.51. The van der Waals surface area contributed by atoms with Gasteiger partial charge in [-0.2, -0.15) is 0 Å². The van der Waals surface area contributed by atoms with Gasteiger partial charge in [-0.15, -0.1) is 11.6 Å². The number of hydrogen-bond donors (Lipinski definition) is 1. The molecule has 68 valence electrons. The molecule has 8 heteroatoms. The largest absolute Gasteiger partial charge is 0.258 e. The first kappa shape index (κ1) is 10.2. The molecule has 0 bridgehead atoms. The highest BCUT2D eigenvalue weighted by molar-refractivity contribution is 9.11. The fourth-order valence-electron chi connectivity index (χ4n) is 0.462. The molecule has 12 heavy (non-hydrogen) atoms. The predicted octanol–water partition coefficient (Wildman–Crippen LogP) is 1.84. The number of halogens is 2. The van der Waals surface area contributed by atoms with Crippen molar-refractivity contribution in [1.29, 1.82) is 0 Å². The molecule has 0 saturated carbocycles. The van der Waals surface area contributed by atoms with Gasteiger partial charge in [-0.1, -0.05) is 11.3 Å². The molecule has 0 aliphatic heterocycles. The monoisotopic (exact) mass is 290 g/mol. The van der Waals surface area contributed by atoms with Gasteiger partial charge in [0.2, 0.25) is 10.0 Å². The Morgan fingerprint density at radius 3 is 2.83 bits per heavy atom. The molecule has 1 aromatic heterocycles. The van der Waals surface area contributed by atoms with Crippen molar-refractivity contribution in [1.82, 2.24) is 4.98 Å². The second-order valence-electron chi connectivity index (χ2n) is 1.80. The Morgan fingerprint density at radius 2 is 2.42 bits per heavy atom. The van der Waals surface area contributed by atoms with E-state index in [2.05, 4.69) is 25.6 Å². The third-order valence-corrected chi connectivity index (χ3v) is 4.04. The summed E-state index contributed by atoms with van der Waals surface area (Å²) in [6.45, 7) is 0. The van der Waals surface area contributed by atoms with Crippen molar-refractivity contribution in [3.8, 4) is 0 Å². The maximum atomic E-state index is 10.9. The van der Waals surface area contributed by atoms with Crippen molar-refractivity contribution in [3.05, 3.63) is 9.98 Å². The quantitative estimate of drug-likeness (QED) is 0.865. The van der Waals surface area contributed by atoms with E-state index in [1.807, 2.05) is 0 Å². The summed E-state index contributed by atoms with van der Waals surface area (Å²) in [6, 6.07) is 0. The summed E-state index contributed by atoms with van der Waals surface area (Å²) >= 11 is 9.50. The molecule has 0 atom stereocenters. The summed E-state index contributed by atoms with van der Waals surface area (Å²) < 4.78 is 24.7. The molecule has 0 aliphatic carbocycles. The number of alkyl halides is 1. The molecule has 0 radical (unpaired) electrons. The highest BCUT2D eigenvalue weighted by atomic mass is 79.9. The lowest BCUT2D eigenvalue weighted by Crippen LogP contribution is -2.12. The number of aromatic nitrogens is 1. The summed E-state index contributed by atoms with van der Waals surface area (Å²) in [5, 5.41) is -0.160. The lowest BCUT2D eigenvalue weighted by Gasteiger charge is -1.98. The standard InChI is InChI=1S/C4H4BrClN2O2S2/c5-3-1-7-4(11-3)8-12(9,10)2-6/h1H,2H2,(H,7,8). The van der Waals surface area contributed by atoms with Gasteiger partial charge in [0, 0.05) is 0 Å². The van der Waals surface area contributed by atoms with Gasteiger partial charge in [-0.05, 0) is 15.9 Å². The highest BCUT2D eigenvalue weighted by Crippen LogP contribution is 2.23. The first-order chi connectivity index (χ1) is 5.53. The zero-order chi connectivity index (χ0) is 9.19. The molecule has 0 saturated heterocycles. The Labute approximate surface area is 87.1 Å².